The van der Waals surface area contributed by atoms with E-state index in [0.717, 1.165) is 10.6 Å². The summed E-state index contributed by atoms with van der Waals surface area (Å²) in [6.45, 7) is 4.25. The van der Waals surface area contributed by atoms with Gasteiger partial charge in [-0.05, 0) is 13.8 Å². The fourth-order valence-electron chi connectivity index (χ4n) is 1.08. The molecule has 0 saturated heterocycles. The predicted octanol–water partition coefficient (Wildman–Crippen LogP) is -0.154. The Labute approximate surface area is 80.6 Å². The molecule has 1 rings (SSSR count). The smallest absolute Gasteiger partial charge is 0.307 e. The van der Waals surface area contributed by atoms with Gasteiger partial charge in [0.1, 0.15) is 0 Å². The molecule has 1 aromatic heterocycles. The number of hydrogen-bond donors (Lipinski definition) is 2. The van der Waals surface area contributed by atoms with Crippen LogP contribution in [-0.4, -0.2) is 22.3 Å². The van der Waals surface area contributed by atoms with Crippen molar-refractivity contribution in [3.63, 3.8) is 0 Å². The molecule has 0 aliphatic carbocycles. The molecule has 0 saturated carbocycles. The lowest BCUT2D eigenvalue weighted by Crippen LogP contribution is -2.29. The van der Waals surface area contributed by atoms with Crippen LogP contribution in [0.3, 0.4) is 0 Å². The van der Waals surface area contributed by atoms with Crippen LogP contribution < -0.4 is 10.6 Å². The third kappa shape index (κ3) is 2.18. The second-order valence-electron chi connectivity index (χ2n) is 3.01. The molecule has 74 valence electrons. The fraction of sp³-hybridized carbons (Fsp3) is 0.625. The number of nitrogens with zero attached hydrogens (tertiary/aromatic N) is 1. The van der Waals surface area contributed by atoms with Gasteiger partial charge in [-0.15, -0.1) is 0 Å². The minimum Gasteiger partial charge on any atom is -0.390 e. The largest absolute Gasteiger partial charge is 0.390 e. The normalized spacial score (nSPS) is 13.2. The molecular weight excluding hydrogens is 188 g/mol. The second kappa shape index (κ2) is 4.04. The van der Waals surface area contributed by atoms with E-state index in [0.29, 0.717) is 6.54 Å². The molecule has 0 spiro atoms. The fourth-order valence-corrected chi connectivity index (χ4v) is 1.93. The Hall–Kier alpha value is -0.650. The van der Waals surface area contributed by atoms with Crippen LogP contribution in [-0.2, 0) is 6.54 Å². The summed E-state index contributed by atoms with van der Waals surface area (Å²) < 4.78 is 1.57. The van der Waals surface area contributed by atoms with Crippen molar-refractivity contribution in [2.24, 2.45) is 5.73 Å². The van der Waals surface area contributed by atoms with Crippen LogP contribution in [0.25, 0.3) is 0 Å². The van der Waals surface area contributed by atoms with Crippen molar-refractivity contribution in [3.05, 3.63) is 20.2 Å². The molecule has 0 aromatic carbocycles. The van der Waals surface area contributed by atoms with Crippen molar-refractivity contribution < 1.29 is 5.11 Å². The Morgan fingerprint density at radius 3 is 2.62 bits per heavy atom. The zero-order chi connectivity index (χ0) is 10.0. The third-order valence-electron chi connectivity index (χ3n) is 2.04. The van der Waals surface area contributed by atoms with Gasteiger partial charge in [0.15, 0.2) is 0 Å². The Bertz CT molecular complexity index is 342. The van der Waals surface area contributed by atoms with Gasteiger partial charge in [-0.3, -0.25) is 4.79 Å². The van der Waals surface area contributed by atoms with Gasteiger partial charge in [0.2, 0.25) is 0 Å². The van der Waals surface area contributed by atoms with E-state index >= 15 is 0 Å². The molecule has 4 nitrogen and oxygen atoms in total. The maximum atomic E-state index is 11.3. The van der Waals surface area contributed by atoms with Crippen molar-refractivity contribution in [1.82, 2.24) is 4.57 Å². The monoisotopic (exact) mass is 202 g/mol. The molecule has 1 aromatic rings. The van der Waals surface area contributed by atoms with Crippen molar-refractivity contribution in [2.45, 2.75) is 26.5 Å². The van der Waals surface area contributed by atoms with E-state index in [1.165, 1.54) is 11.3 Å². The van der Waals surface area contributed by atoms with Gasteiger partial charge in [0, 0.05) is 17.1 Å². The van der Waals surface area contributed by atoms with E-state index in [1.54, 1.807) is 4.57 Å². The molecule has 0 bridgehead atoms. The van der Waals surface area contributed by atoms with E-state index in [-0.39, 0.29) is 11.4 Å². The predicted molar refractivity (Wildman–Crippen MR) is 53.1 cm³/mol. The Morgan fingerprint density at radius 2 is 2.23 bits per heavy atom. The van der Waals surface area contributed by atoms with Crippen molar-refractivity contribution in [3.8, 4) is 0 Å². The number of aromatic nitrogens is 1. The number of hydrogen-bond acceptors (Lipinski definition) is 4. The topological polar surface area (TPSA) is 68.2 Å². The third-order valence-corrected chi connectivity index (χ3v) is 3.04. The number of aryl methyl sites for hydroxylation is 1. The summed E-state index contributed by atoms with van der Waals surface area (Å²) in [5, 5.41) is 9.29. The summed E-state index contributed by atoms with van der Waals surface area (Å²) in [5.41, 5.74) is 6.18. The molecule has 5 heteroatoms. The van der Waals surface area contributed by atoms with Crippen molar-refractivity contribution >= 4 is 11.3 Å². The maximum absolute atomic E-state index is 11.3. The highest BCUT2D eigenvalue weighted by atomic mass is 32.1. The number of aliphatic hydroxyl groups excluding tert-OH is 1. The Morgan fingerprint density at radius 1 is 1.62 bits per heavy atom. The Kier molecular flexibility index (Phi) is 3.24. The zero-order valence-corrected chi connectivity index (χ0v) is 8.60. The average molecular weight is 202 g/mol. The van der Waals surface area contributed by atoms with E-state index < -0.39 is 6.10 Å². The second-order valence-corrected chi connectivity index (χ2v) is 4.18. The van der Waals surface area contributed by atoms with Crippen LogP contribution in [0.1, 0.15) is 10.6 Å². The molecule has 0 aliphatic rings. The number of nitrogens with two attached hydrogens (primary N) is 1. The highest BCUT2D eigenvalue weighted by Crippen LogP contribution is 2.09. The van der Waals surface area contributed by atoms with Gasteiger partial charge < -0.3 is 15.4 Å². The van der Waals surface area contributed by atoms with E-state index in [9.17, 15) is 9.90 Å². The molecule has 0 amide bonds. The summed E-state index contributed by atoms with van der Waals surface area (Å²) in [4.78, 5) is 12.3. The van der Waals surface area contributed by atoms with Gasteiger partial charge >= 0.3 is 4.87 Å². The number of aliphatic hydroxyl groups is 1. The van der Waals surface area contributed by atoms with Gasteiger partial charge in [-0.2, -0.15) is 0 Å². The summed E-state index contributed by atoms with van der Waals surface area (Å²) in [5.74, 6) is 0. The lowest BCUT2D eigenvalue weighted by atomic mass is 10.3. The van der Waals surface area contributed by atoms with E-state index in [4.69, 9.17) is 5.73 Å². The highest BCUT2D eigenvalue weighted by Gasteiger charge is 2.10. The van der Waals surface area contributed by atoms with Crippen LogP contribution >= 0.6 is 11.3 Å². The van der Waals surface area contributed by atoms with Crippen LogP contribution in [0.5, 0.6) is 0 Å². The first-order valence-corrected chi connectivity index (χ1v) is 4.93. The van der Waals surface area contributed by atoms with Gasteiger partial charge in [0.25, 0.3) is 0 Å². The first-order valence-electron chi connectivity index (χ1n) is 4.11. The maximum Gasteiger partial charge on any atom is 0.307 e. The lowest BCUT2D eigenvalue weighted by Gasteiger charge is -2.09. The van der Waals surface area contributed by atoms with Crippen LogP contribution in [0, 0.1) is 13.8 Å². The summed E-state index contributed by atoms with van der Waals surface area (Å²) >= 11 is 1.20. The molecule has 1 unspecified atom stereocenters. The first kappa shape index (κ1) is 10.4. The highest BCUT2D eigenvalue weighted by molar-refractivity contribution is 7.09. The molecule has 0 fully saturated rings. The standard InChI is InChI=1S/C8H14N2O2S/c1-5-6(2)13-8(12)10(5)4-7(11)3-9/h7,11H,3-4,9H2,1-2H3. The van der Waals surface area contributed by atoms with Crippen LogP contribution in [0.4, 0.5) is 0 Å². The average Bonchev–Trinajstić information content (AvgIpc) is 2.32. The summed E-state index contributed by atoms with van der Waals surface area (Å²) in [6.07, 6.45) is -0.634. The Balaban J connectivity index is 2.94. The van der Waals surface area contributed by atoms with Gasteiger partial charge in [-0.25, -0.2) is 0 Å². The van der Waals surface area contributed by atoms with Gasteiger partial charge in [-0.1, -0.05) is 11.3 Å². The molecule has 1 atom stereocenters. The lowest BCUT2D eigenvalue weighted by molar-refractivity contribution is 0.160. The first-order chi connectivity index (χ1) is 6.06. The van der Waals surface area contributed by atoms with E-state index in [1.807, 2.05) is 13.8 Å². The van der Waals surface area contributed by atoms with E-state index in [2.05, 4.69) is 0 Å². The van der Waals surface area contributed by atoms with Crippen LogP contribution in [0.15, 0.2) is 4.79 Å². The summed E-state index contributed by atoms with van der Waals surface area (Å²) in [7, 11) is 0. The molecule has 0 radical (unpaired) electrons. The molecule has 0 aliphatic heterocycles. The minimum atomic E-state index is -0.634. The SMILES string of the molecule is Cc1sc(=O)n(CC(O)CN)c1C. The molecule has 3 N–H and O–H groups in total. The number of rotatable bonds is 3. The molecular formula is C8H14N2O2S. The minimum absolute atomic E-state index is 0.0255. The number of thiazole rings is 1. The van der Waals surface area contributed by atoms with Crippen molar-refractivity contribution in [2.75, 3.05) is 6.54 Å². The summed E-state index contributed by atoms with van der Waals surface area (Å²) in [6, 6.07) is 0. The molecule has 13 heavy (non-hydrogen) atoms. The van der Waals surface area contributed by atoms with Crippen LogP contribution in [0.2, 0.25) is 0 Å². The molecule has 1 heterocycles. The van der Waals surface area contributed by atoms with Crippen molar-refractivity contribution in [1.29, 1.82) is 0 Å². The quantitative estimate of drug-likeness (QED) is 0.716. The zero-order valence-electron chi connectivity index (χ0n) is 7.78. The van der Waals surface area contributed by atoms with Gasteiger partial charge in [0.05, 0.1) is 12.6 Å².